The Morgan fingerprint density at radius 3 is 2.45 bits per heavy atom. The smallest absolute Gasteiger partial charge is 0.311 e. The first kappa shape index (κ1) is 16.1. The Morgan fingerprint density at radius 2 is 1.95 bits per heavy atom. The van der Waals surface area contributed by atoms with Crippen LogP contribution in [0.3, 0.4) is 0 Å². The Bertz CT molecular complexity index is 505. The van der Waals surface area contributed by atoms with Gasteiger partial charge in [-0.1, -0.05) is 0 Å². The van der Waals surface area contributed by atoms with Gasteiger partial charge in [-0.2, -0.15) is 0 Å². The highest BCUT2D eigenvalue weighted by Crippen LogP contribution is 2.28. The largest absolute Gasteiger partial charge is 0.484 e. The van der Waals surface area contributed by atoms with Crippen LogP contribution in [0, 0.1) is 10.1 Å². The first-order valence-corrected chi connectivity index (χ1v) is 6.27. The summed E-state index contributed by atoms with van der Waals surface area (Å²) in [7, 11) is 0. The number of rotatable bonds is 6. The third kappa shape index (κ3) is 4.97. The maximum absolute atomic E-state index is 11.2. The lowest BCUT2D eigenvalue weighted by Gasteiger charge is -2.19. The highest BCUT2D eigenvalue weighted by Gasteiger charge is 2.18. The number of hydrogen-bond acceptors (Lipinski definition) is 5. The predicted octanol–water partition coefficient (Wildman–Crippen LogP) is 2.99. The van der Waals surface area contributed by atoms with E-state index in [0.717, 1.165) is 0 Å². The molecule has 0 N–H and O–H groups in total. The molecule has 0 aliphatic rings. The summed E-state index contributed by atoms with van der Waals surface area (Å²) < 4.78 is 10.8. The number of carbonyl (C=O) groups is 1. The number of nitro groups is 1. The lowest BCUT2D eigenvalue weighted by Crippen LogP contribution is -2.22. The molecule has 0 atom stereocenters. The van der Waals surface area contributed by atoms with Crippen molar-refractivity contribution in [2.24, 2.45) is 0 Å². The molecule has 110 valence electrons. The molecule has 1 rings (SSSR count). The van der Waals surface area contributed by atoms with E-state index in [-0.39, 0.29) is 35.0 Å². The summed E-state index contributed by atoms with van der Waals surface area (Å²) in [5.74, 6) is -0.0896. The van der Waals surface area contributed by atoms with Crippen molar-refractivity contribution in [3.05, 3.63) is 33.9 Å². The number of Topliss-reactive ketones (excluding diaryl/α,β-unsaturated/α-hetero) is 1. The van der Waals surface area contributed by atoms with Gasteiger partial charge < -0.3 is 9.47 Å². The monoisotopic (exact) mass is 281 g/mol. The van der Waals surface area contributed by atoms with Gasteiger partial charge in [-0.15, -0.1) is 0 Å². The Balaban J connectivity index is 2.75. The highest BCUT2D eigenvalue weighted by molar-refractivity contribution is 5.95. The molecule has 20 heavy (non-hydrogen) atoms. The fraction of sp³-hybridized carbons (Fsp3) is 0.500. The molecule has 1 aromatic carbocycles. The molecule has 0 aromatic heterocycles. The molecular weight excluding hydrogens is 262 g/mol. The molecule has 0 saturated carbocycles. The molecule has 0 unspecified atom stereocenters. The Labute approximate surface area is 117 Å². The molecule has 0 aliphatic heterocycles. The number of nitrogens with zero attached hydrogens (tertiary/aromatic N) is 1. The molecule has 6 nitrogen and oxygen atoms in total. The van der Waals surface area contributed by atoms with Gasteiger partial charge in [0.15, 0.2) is 11.5 Å². The molecule has 1 aromatic rings. The minimum absolute atomic E-state index is 0.137. The van der Waals surface area contributed by atoms with Crippen LogP contribution in [0.1, 0.15) is 38.1 Å². The fourth-order valence-electron chi connectivity index (χ4n) is 1.50. The van der Waals surface area contributed by atoms with Crippen molar-refractivity contribution in [1.82, 2.24) is 0 Å². The van der Waals surface area contributed by atoms with Crippen molar-refractivity contribution >= 4 is 11.5 Å². The molecular formula is C14H19NO5. The second-order valence-corrected chi connectivity index (χ2v) is 5.31. The number of hydrogen-bond donors (Lipinski definition) is 0. The number of carbonyl (C=O) groups excluding carboxylic acids is 1. The molecule has 0 saturated heterocycles. The summed E-state index contributed by atoms with van der Waals surface area (Å²) in [5.41, 5.74) is -0.211. The minimum Gasteiger partial charge on any atom is -0.484 e. The summed E-state index contributed by atoms with van der Waals surface area (Å²) in [6, 6.07) is 4.17. The zero-order valence-corrected chi connectivity index (χ0v) is 12.1. The van der Waals surface area contributed by atoms with E-state index in [4.69, 9.17) is 9.47 Å². The van der Waals surface area contributed by atoms with E-state index in [0.29, 0.717) is 6.61 Å². The predicted molar refractivity (Wildman–Crippen MR) is 74.3 cm³/mol. The molecule has 0 aliphatic carbocycles. The van der Waals surface area contributed by atoms with Gasteiger partial charge in [0.25, 0.3) is 0 Å². The van der Waals surface area contributed by atoms with E-state index < -0.39 is 4.92 Å². The van der Waals surface area contributed by atoms with Crippen LogP contribution in [0.25, 0.3) is 0 Å². The molecule has 6 heteroatoms. The van der Waals surface area contributed by atoms with Gasteiger partial charge in [0.05, 0.1) is 17.1 Å². The van der Waals surface area contributed by atoms with Gasteiger partial charge in [-0.3, -0.25) is 14.9 Å². The fourth-order valence-corrected chi connectivity index (χ4v) is 1.50. The SMILES string of the molecule is CC(=O)c1ccc(OCCOC(C)(C)C)c([N+](=O)[O-])c1. The van der Waals surface area contributed by atoms with Crippen LogP contribution < -0.4 is 4.74 Å². The maximum atomic E-state index is 11.2. The zero-order valence-electron chi connectivity index (χ0n) is 12.1. The normalized spacial score (nSPS) is 11.2. The van der Waals surface area contributed by atoms with Crippen LogP contribution in [-0.4, -0.2) is 29.5 Å². The van der Waals surface area contributed by atoms with Gasteiger partial charge in [0.2, 0.25) is 0 Å². The van der Waals surface area contributed by atoms with E-state index in [1.54, 1.807) is 0 Å². The molecule has 0 bridgehead atoms. The third-order valence-corrected chi connectivity index (χ3v) is 2.44. The number of benzene rings is 1. The average Bonchev–Trinajstić information content (AvgIpc) is 2.33. The highest BCUT2D eigenvalue weighted by atomic mass is 16.6. The number of ketones is 1. The molecule has 0 radical (unpaired) electrons. The molecule has 0 amide bonds. The lowest BCUT2D eigenvalue weighted by molar-refractivity contribution is -0.385. The van der Waals surface area contributed by atoms with Crippen LogP contribution in [0.2, 0.25) is 0 Å². The average molecular weight is 281 g/mol. The van der Waals surface area contributed by atoms with Crippen molar-refractivity contribution < 1.29 is 19.2 Å². The summed E-state index contributed by atoms with van der Waals surface area (Å²) in [5, 5.41) is 11.0. The minimum atomic E-state index is -0.563. The van der Waals surface area contributed by atoms with E-state index in [1.807, 2.05) is 20.8 Å². The Hall–Kier alpha value is -1.95. The third-order valence-electron chi connectivity index (χ3n) is 2.44. The lowest BCUT2D eigenvalue weighted by atomic mass is 10.1. The first-order chi connectivity index (χ1) is 9.20. The van der Waals surface area contributed by atoms with Crippen LogP contribution in [0.15, 0.2) is 18.2 Å². The zero-order chi connectivity index (χ0) is 15.3. The van der Waals surface area contributed by atoms with Crippen LogP contribution in [-0.2, 0) is 4.74 Å². The molecule has 0 heterocycles. The van der Waals surface area contributed by atoms with E-state index in [1.165, 1.54) is 25.1 Å². The van der Waals surface area contributed by atoms with Gasteiger partial charge in [-0.05, 0) is 39.8 Å². The summed E-state index contributed by atoms with van der Waals surface area (Å²) in [6.07, 6.45) is 0. The second-order valence-electron chi connectivity index (χ2n) is 5.31. The van der Waals surface area contributed by atoms with E-state index >= 15 is 0 Å². The van der Waals surface area contributed by atoms with Gasteiger partial charge in [0, 0.05) is 11.6 Å². The van der Waals surface area contributed by atoms with Gasteiger partial charge in [-0.25, -0.2) is 0 Å². The molecule has 0 fully saturated rings. The van der Waals surface area contributed by atoms with E-state index in [9.17, 15) is 14.9 Å². The van der Waals surface area contributed by atoms with Crippen molar-refractivity contribution in [1.29, 1.82) is 0 Å². The van der Waals surface area contributed by atoms with Gasteiger partial charge in [0.1, 0.15) is 6.61 Å². The number of ether oxygens (including phenoxy) is 2. The standard InChI is InChI=1S/C14H19NO5/c1-10(16)11-5-6-13(12(9-11)15(17)18)19-7-8-20-14(2,3)4/h5-6,9H,7-8H2,1-4H3. The second kappa shape index (κ2) is 6.47. The van der Waals surface area contributed by atoms with E-state index in [2.05, 4.69) is 0 Å². The van der Waals surface area contributed by atoms with Crippen LogP contribution in [0.5, 0.6) is 5.75 Å². The summed E-state index contributed by atoms with van der Waals surface area (Å²) in [6.45, 7) is 7.63. The van der Waals surface area contributed by atoms with Crippen molar-refractivity contribution in [2.45, 2.75) is 33.3 Å². The first-order valence-electron chi connectivity index (χ1n) is 6.27. The maximum Gasteiger partial charge on any atom is 0.311 e. The quantitative estimate of drug-likeness (QED) is 0.346. The van der Waals surface area contributed by atoms with Crippen molar-refractivity contribution in [2.75, 3.05) is 13.2 Å². The summed E-state index contributed by atoms with van der Waals surface area (Å²) in [4.78, 5) is 21.6. The number of nitro benzene ring substituents is 1. The Morgan fingerprint density at radius 1 is 1.30 bits per heavy atom. The van der Waals surface area contributed by atoms with Gasteiger partial charge >= 0.3 is 5.69 Å². The molecule has 0 spiro atoms. The Kier molecular flexibility index (Phi) is 5.21. The van der Waals surface area contributed by atoms with Crippen LogP contribution >= 0.6 is 0 Å². The van der Waals surface area contributed by atoms with Crippen molar-refractivity contribution in [3.8, 4) is 5.75 Å². The van der Waals surface area contributed by atoms with Crippen molar-refractivity contribution in [3.63, 3.8) is 0 Å². The summed E-state index contributed by atoms with van der Waals surface area (Å²) >= 11 is 0. The van der Waals surface area contributed by atoms with Crippen LogP contribution in [0.4, 0.5) is 5.69 Å². The topological polar surface area (TPSA) is 78.7 Å².